The number of nitrogens with two attached hydrogens (primary N) is 1. The molecule has 20 heavy (non-hydrogen) atoms. The molecule has 4 N–H and O–H groups in total. The van der Waals surface area contributed by atoms with Crippen molar-refractivity contribution in [3.63, 3.8) is 0 Å². The summed E-state index contributed by atoms with van der Waals surface area (Å²) in [5.41, 5.74) is 5.81. The summed E-state index contributed by atoms with van der Waals surface area (Å²) in [5.74, 6) is -1.75. The first kappa shape index (κ1) is 15.4. The molecule has 1 aromatic rings. The number of amides is 2. The Morgan fingerprint density at radius 3 is 2.70 bits per heavy atom. The van der Waals surface area contributed by atoms with Crippen LogP contribution in [0.4, 0.5) is 5.69 Å². The summed E-state index contributed by atoms with van der Waals surface area (Å²) in [6.45, 7) is 0.0610. The third kappa shape index (κ3) is 5.32. The Kier molecular flexibility index (Phi) is 5.92. The lowest BCUT2D eigenvalue weighted by molar-refractivity contribution is -0.138. The second-order valence-electron chi connectivity index (χ2n) is 3.73. The van der Waals surface area contributed by atoms with Crippen LogP contribution in [-0.4, -0.2) is 31.6 Å². The predicted octanol–water partition coefficient (Wildman–Crippen LogP) is 0.000300. The van der Waals surface area contributed by atoms with Crippen LogP contribution in [0.3, 0.4) is 0 Å². The van der Waals surface area contributed by atoms with Gasteiger partial charge in [-0.3, -0.25) is 14.9 Å². The van der Waals surface area contributed by atoms with Crippen molar-refractivity contribution >= 4 is 23.5 Å². The van der Waals surface area contributed by atoms with Gasteiger partial charge in [-0.2, -0.15) is 0 Å². The predicted molar refractivity (Wildman–Crippen MR) is 72.7 cm³/mol. The number of esters is 1. The summed E-state index contributed by atoms with van der Waals surface area (Å²) in [4.78, 5) is 33.6. The van der Waals surface area contributed by atoms with Crippen LogP contribution in [0.15, 0.2) is 36.4 Å². The van der Waals surface area contributed by atoms with Crippen molar-refractivity contribution in [3.8, 4) is 0 Å². The third-order valence-corrected chi connectivity index (χ3v) is 2.14. The van der Waals surface area contributed by atoms with E-state index in [1.165, 1.54) is 12.1 Å². The number of primary amides is 1. The fourth-order valence-corrected chi connectivity index (χ4v) is 1.27. The minimum absolute atomic E-state index is 0.0610. The lowest BCUT2D eigenvalue weighted by Crippen LogP contribution is -2.16. The molecule has 0 aliphatic heterocycles. The Morgan fingerprint density at radius 2 is 2.05 bits per heavy atom. The van der Waals surface area contributed by atoms with Gasteiger partial charge in [-0.1, -0.05) is 6.07 Å². The van der Waals surface area contributed by atoms with Gasteiger partial charge in [-0.05, 0) is 25.2 Å². The quantitative estimate of drug-likeness (QED) is 0.385. The van der Waals surface area contributed by atoms with E-state index in [1.54, 1.807) is 19.2 Å². The highest BCUT2D eigenvalue weighted by atomic mass is 16.5. The van der Waals surface area contributed by atoms with Gasteiger partial charge in [0.25, 0.3) is 0 Å². The van der Waals surface area contributed by atoms with Crippen LogP contribution < -0.4 is 16.4 Å². The van der Waals surface area contributed by atoms with Crippen LogP contribution in [0.25, 0.3) is 0 Å². The first-order valence-corrected chi connectivity index (χ1v) is 5.73. The summed E-state index contributed by atoms with van der Waals surface area (Å²) in [6, 6.07) is 6.15. The van der Waals surface area contributed by atoms with E-state index >= 15 is 0 Å². The molecular weight excluding hydrogens is 262 g/mol. The molecule has 7 heteroatoms. The zero-order valence-electron chi connectivity index (χ0n) is 10.9. The second kappa shape index (κ2) is 7.70. The summed E-state index contributed by atoms with van der Waals surface area (Å²) in [5, 5.41) is 5.11. The topological polar surface area (TPSA) is 111 Å². The van der Waals surface area contributed by atoms with Crippen molar-refractivity contribution < 1.29 is 19.1 Å². The molecule has 106 valence electrons. The molecule has 0 saturated carbocycles. The molecule has 0 fully saturated rings. The minimum Gasteiger partial charge on any atom is -0.447 e. The molecule has 0 atom stereocenters. The highest BCUT2D eigenvalue weighted by Crippen LogP contribution is 2.10. The van der Waals surface area contributed by atoms with Gasteiger partial charge in [-0.25, -0.2) is 4.79 Å². The van der Waals surface area contributed by atoms with Crippen molar-refractivity contribution in [2.75, 3.05) is 19.1 Å². The number of nitrogens with one attached hydrogen (secondary N) is 2. The molecule has 0 radical (unpaired) electrons. The van der Waals surface area contributed by atoms with Crippen LogP contribution in [0.2, 0.25) is 0 Å². The monoisotopic (exact) mass is 277 g/mol. The first-order valence-electron chi connectivity index (χ1n) is 5.73. The first-order chi connectivity index (χ1) is 9.52. The summed E-state index contributed by atoms with van der Waals surface area (Å²) >= 11 is 0. The number of rotatable bonds is 6. The van der Waals surface area contributed by atoms with E-state index in [9.17, 15) is 14.4 Å². The Labute approximate surface area is 115 Å². The molecular formula is C13H15N3O4. The standard InChI is InChI=1S/C13H15N3O4/c1-15-8-20-12(18)6-5-11(17)16-10-4-2-3-9(7-10)13(14)19/h2-7,15H,8H2,1H3,(H2,14,19)(H,16,17)/b6-5-. The fourth-order valence-electron chi connectivity index (χ4n) is 1.27. The molecule has 1 rings (SSSR count). The van der Waals surface area contributed by atoms with Gasteiger partial charge in [0.15, 0.2) is 0 Å². The maximum Gasteiger partial charge on any atom is 0.332 e. The van der Waals surface area contributed by atoms with Gasteiger partial charge < -0.3 is 15.8 Å². The number of ether oxygens (including phenoxy) is 1. The van der Waals surface area contributed by atoms with Crippen molar-refractivity contribution in [1.29, 1.82) is 0 Å². The number of hydrogen-bond acceptors (Lipinski definition) is 5. The summed E-state index contributed by atoms with van der Waals surface area (Å²) < 4.78 is 4.66. The van der Waals surface area contributed by atoms with E-state index in [0.29, 0.717) is 5.69 Å². The number of carbonyl (C=O) groups excluding carboxylic acids is 3. The molecule has 7 nitrogen and oxygen atoms in total. The molecule has 0 saturated heterocycles. The van der Waals surface area contributed by atoms with Crippen LogP contribution in [0, 0.1) is 0 Å². The highest BCUT2D eigenvalue weighted by Gasteiger charge is 2.04. The zero-order valence-corrected chi connectivity index (χ0v) is 10.9. The molecule has 0 unspecified atom stereocenters. The molecule has 0 heterocycles. The molecule has 0 bridgehead atoms. The van der Waals surface area contributed by atoms with Crippen molar-refractivity contribution in [2.45, 2.75) is 0 Å². The van der Waals surface area contributed by atoms with Gasteiger partial charge in [-0.15, -0.1) is 0 Å². The van der Waals surface area contributed by atoms with Crippen LogP contribution in [-0.2, 0) is 14.3 Å². The average molecular weight is 277 g/mol. The zero-order chi connectivity index (χ0) is 15.0. The molecule has 0 aliphatic rings. The number of benzene rings is 1. The van der Waals surface area contributed by atoms with E-state index in [1.807, 2.05) is 0 Å². The molecule has 0 spiro atoms. The van der Waals surface area contributed by atoms with Gasteiger partial charge in [0.05, 0.1) is 0 Å². The lowest BCUT2D eigenvalue weighted by Gasteiger charge is -2.03. The van der Waals surface area contributed by atoms with Crippen LogP contribution >= 0.6 is 0 Å². The fraction of sp³-hybridized carbons (Fsp3) is 0.154. The van der Waals surface area contributed by atoms with Crippen LogP contribution in [0.1, 0.15) is 10.4 Å². The Balaban J connectivity index is 2.58. The van der Waals surface area contributed by atoms with E-state index in [4.69, 9.17) is 5.73 Å². The second-order valence-corrected chi connectivity index (χ2v) is 3.73. The number of carbonyl (C=O) groups is 3. The van der Waals surface area contributed by atoms with E-state index in [2.05, 4.69) is 15.4 Å². The Hall–Kier alpha value is -2.67. The molecule has 1 aromatic carbocycles. The van der Waals surface area contributed by atoms with Crippen molar-refractivity contribution in [2.24, 2.45) is 5.73 Å². The summed E-state index contributed by atoms with van der Waals surface area (Å²) in [6.07, 6.45) is 2.04. The Morgan fingerprint density at radius 1 is 1.30 bits per heavy atom. The Bertz CT molecular complexity index is 540. The van der Waals surface area contributed by atoms with Gasteiger partial charge in [0.2, 0.25) is 11.8 Å². The average Bonchev–Trinajstić information content (AvgIpc) is 2.43. The van der Waals surface area contributed by atoms with Crippen molar-refractivity contribution in [3.05, 3.63) is 42.0 Å². The maximum absolute atomic E-state index is 11.5. The van der Waals surface area contributed by atoms with Gasteiger partial charge in [0, 0.05) is 23.4 Å². The van der Waals surface area contributed by atoms with E-state index < -0.39 is 17.8 Å². The van der Waals surface area contributed by atoms with E-state index in [-0.39, 0.29) is 12.3 Å². The molecule has 2 amide bonds. The normalized spacial score (nSPS) is 10.2. The maximum atomic E-state index is 11.5. The minimum atomic E-state index is -0.639. The molecule has 0 aromatic heterocycles. The summed E-state index contributed by atoms with van der Waals surface area (Å²) in [7, 11) is 1.62. The molecule has 0 aliphatic carbocycles. The third-order valence-electron chi connectivity index (χ3n) is 2.14. The van der Waals surface area contributed by atoms with Gasteiger partial charge >= 0.3 is 5.97 Å². The number of anilines is 1. The van der Waals surface area contributed by atoms with Crippen LogP contribution in [0.5, 0.6) is 0 Å². The lowest BCUT2D eigenvalue weighted by atomic mass is 10.2. The van der Waals surface area contributed by atoms with Crippen molar-refractivity contribution in [1.82, 2.24) is 5.32 Å². The number of hydrogen-bond donors (Lipinski definition) is 3. The SMILES string of the molecule is CNCOC(=O)/C=C\C(=O)Nc1cccc(C(N)=O)c1. The van der Waals surface area contributed by atoms with E-state index in [0.717, 1.165) is 12.2 Å². The largest absolute Gasteiger partial charge is 0.447 e. The van der Waals surface area contributed by atoms with Gasteiger partial charge in [0.1, 0.15) is 6.73 Å². The smallest absolute Gasteiger partial charge is 0.332 e. The highest BCUT2D eigenvalue weighted by molar-refractivity contribution is 6.03.